The molecule has 0 unspecified atom stereocenters. The zero-order valence-electron chi connectivity index (χ0n) is 5.96. The van der Waals surface area contributed by atoms with Gasteiger partial charge in [0, 0.05) is 6.92 Å². The number of carbonyl (C=O) groups excluding carboxylic acids is 1. The van der Waals surface area contributed by atoms with Crippen LogP contribution in [0.3, 0.4) is 0 Å². The normalized spacial score (nSPS) is 9.64. The van der Waals surface area contributed by atoms with E-state index < -0.39 is 0 Å². The molecule has 1 heterocycles. The van der Waals surface area contributed by atoms with Crippen LogP contribution in [0.5, 0.6) is 0 Å². The minimum atomic E-state index is -0.312. The molecule has 1 aromatic rings. The third-order valence-electron chi connectivity index (χ3n) is 1.10. The number of hydrogen-bond donors (Lipinski definition) is 0. The Bertz CT molecular complexity index is 254. The quantitative estimate of drug-likeness (QED) is 0.715. The minimum absolute atomic E-state index is 0.183. The van der Waals surface area contributed by atoms with Crippen LogP contribution < -0.4 is 0 Å². The molecule has 0 aliphatic rings. The molecule has 1 rings (SSSR count). The summed E-state index contributed by atoms with van der Waals surface area (Å²) >= 11 is 3.23. The molecule has 0 radical (unpaired) electrons. The van der Waals surface area contributed by atoms with Crippen LogP contribution >= 0.6 is 15.9 Å². The fourth-order valence-electron chi connectivity index (χ4n) is 0.595. The largest absolute Gasteiger partial charge is 0.464 e. The van der Waals surface area contributed by atoms with Crippen molar-refractivity contribution in [3.8, 4) is 0 Å². The summed E-state index contributed by atoms with van der Waals surface area (Å²) in [7, 11) is 0. The van der Waals surface area contributed by atoms with Gasteiger partial charge in [-0.1, -0.05) is 0 Å². The van der Waals surface area contributed by atoms with Gasteiger partial charge in [0.15, 0.2) is 12.4 Å². The SMILES string of the molecule is CC(=O)OCc1occc1Br. The van der Waals surface area contributed by atoms with Crippen molar-refractivity contribution in [3.05, 3.63) is 22.6 Å². The Kier molecular flexibility index (Phi) is 2.70. The Morgan fingerprint density at radius 1 is 1.82 bits per heavy atom. The Balaban J connectivity index is 2.51. The van der Waals surface area contributed by atoms with Gasteiger partial charge in [-0.15, -0.1) is 0 Å². The number of furan rings is 1. The standard InChI is InChI=1S/C7H7BrO3/c1-5(9)11-4-7-6(8)2-3-10-7/h2-3H,4H2,1H3. The van der Waals surface area contributed by atoms with Gasteiger partial charge >= 0.3 is 5.97 Å². The number of ether oxygens (including phenoxy) is 1. The van der Waals surface area contributed by atoms with E-state index in [4.69, 9.17) is 9.15 Å². The second kappa shape index (κ2) is 3.57. The Morgan fingerprint density at radius 3 is 3.00 bits per heavy atom. The van der Waals surface area contributed by atoms with Gasteiger partial charge in [-0.05, 0) is 22.0 Å². The second-order valence-electron chi connectivity index (χ2n) is 1.97. The fraction of sp³-hybridized carbons (Fsp3) is 0.286. The first-order valence-electron chi connectivity index (χ1n) is 3.05. The lowest BCUT2D eigenvalue weighted by atomic mass is 10.5. The summed E-state index contributed by atoms with van der Waals surface area (Å²) in [6.07, 6.45) is 1.53. The number of esters is 1. The summed E-state index contributed by atoms with van der Waals surface area (Å²) in [4.78, 5) is 10.4. The van der Waals surface area contributed by atoms with Crippen molar-refractivity contribution in [3.63, 3.8) is 0 Å². The maximum atomic E-state index is 10.4. The number of halogens is 1. The predicted molar refractivity (Wildman–Crippen MR) is 41.9 cm³/mol. The van der Waals surface area contributed by atoms with Crippen LogP contribution in [0.25, 0.3) is 0 Å². The van der Waals surface area contributed by atoms with Crippen molar-refractivity contribution in [2.24, 2.45) is 0 Å². The molecule has 3 nitrogen and oxygen atoms in total. The molecular formula is C7H7BrO3. The van der Waals surface area contributed by atoms with Crippen LogP contribution in [0, 0.1) is 0 Å². The first-order chi connectivity index (χ1) is 5.20. The van der Waals surface area contributed by atoms with Crippen molar-refractivity contribution in [2.45, 2.75) is 13.5 Å². The summed E-state index contributed by atoms with van der Waals surface area (Å²) in [5, 5.41) is 0. The van der Waals surface area contributed by atoms with E-state index in [1.165, 1.54) is 13.2 Å². The summed E-state index contributed by atoms with van der Waals surface area (Å²) in [6, 6.07) is 1.75. The van der Waals surface area contributed by atoms with Gasteiger partial charge in [-0.3, -0.25) is 4.79 Å². The molecule has 0 fully saturated rings. The fourth-order valence-corrected chi connectivity index (χ4v) is 0.911. The maximum Gasteiger partial charge on any atom is 0.303 e. The van der Waals surface area contributed by atoms with Gasteiger partial charge in [0.05, 0.1) is 10.7 Å². The smallest absolute Gasteiger partial charge is 0.303 e. The molecule has 4 heteroatoms. The number of rotatable bonds is 2. The van der Waals surface area contributed by atoms with E-state index in [1.807, 2.05) is 0 Å². The molecule has 60 valence electrons. The molecule has 0 aliphatic heterocycles. The van der Waals surface area contributed by atoms with Crippen LogP contribution in [-0.2, 0) is 16.1 Å². The highest BCUT2D eigenvalue weighted by Crippen LogP contribution is 2.17. The zero-order chi connectivity index (χ0) is 8.27. The molecule has 0 aromatic carbocycles. The lowest BCUT2D eigenvalue weighted by molar-refractivity contribution is -0.142. The van der Waals surface area contributed by atoms with Crippen molar-refractivity contribution in [1.29, 1.82) is 0 Å². The van der Waals surface area contributed by atoms with Crippen LogP contribution in [0.4, 0.5) is 0 Å². The van der Waals surface area contributed by atoms with Gasteiger partial charge in [0.25, 0.3) is 0 Å². The third-order valence-corrected chi connectivity index (χ3v) is 1.80. The summed E-state index contributed by atoms with van der Waals surface area (Å²) in [5.41, 5.74) is 0. The van der Waals surface area contributed by atoms with Crippen LogP contribution in [0.2, 0.25) is 0 Å². The van der Waals surface area contributed by atoms with E-state index in [2.05, 4.69) is 15.9 Å². The summed E-state index contributed by atoms with van der Waals surface area (Å²) in [5.74, 6) is 0.313. The summed E-state index contributed by atoms with van der Waals surface area (Å²) < 4.78 is 10.5. The molecule has 11 heavy (non-hydrogen) atoms. The highest BCUT2D eigenvalue weighted by molar-refractivity contribution is 9.10. The van der Waals surface area contributed by atoms with Crippen LogP contribution in [-0.4, -0.2) is 5.97 Å². The van der Waals surface area contributed by atoms with Crippen molar-refractivity contribution in [1.82, 2.24) is 0 Å². The van der Waals surface area contributed by atoms with E-state index in [9.17, 15) is 4.79 Å². The monoisotopic (exact) mass is 218 g/mol. The molecule has 1 aromatic heterocycles. The summed E-state index contributed by atoms with van der Waals surface area (Å²) in [6.45, 7) is 1.54. The molecule has 0 spiro atoms. The van der Waals surface area contributed by atoms with E-state index in [-0.39, 0.29) is 12.6 Å². The van der Waals surface area contributed by atoms with E-state index >= 15 is 0 Å². The maximum absolute atomic E-state index is 10.4. The minimum Gasteiger partial charge on any atom is -0.464 e. The molecule has 0 saturated heterocycles. The predicted octanol–water partition coefficient (Wildman–Crippen LogP) is 2.11. The first kappa shape index (κ1) is 8.33. The highest BCUT2D eigenvalue weighted by atomic mass is 79.9. The molecule has 0 bridgehead atoms. The topological polar surface area (TPSA) is 39.4 Å². The van der Waals surface area contributed by atoms with Gasteiger partial charge in [-0.2, -0.15) is 0 Å². The first-order valence-corrected chi connectivity index (χ1v) is 3.84. The number of hydrogen-bond acceptors (Lipinski definition) is 3. The molecule has 0 atom stereocenters. The zero-order valence-corrected chi connectivity index (χ0v) is 7.55. The molecule has 0 N–H and O–H groups in total. The Labute approximate surface area is 72.5 Å². The molecule has 0 amide bonds. The average Bonchev–Trinajstić information content (AvgIpc) is 2.31. The van der Waals surface area contributed by atoms with Crippen LogP contribution in [0.15, 0.2) is 21.2 Å². The van der Waals surface area contributed by atoms with Crippen molar-refractivity contribution >= 4 is 21.9 Å². The van der Waals surface area contributed by atoms with E-state index in [0.29, 0.717) is 5.76 Å². The van der Waals surface area contributed by atoms with Crippen molar-refractivity contribution < 1.29 is 13.9 Å². The van der Waals surface area contributed by atoms with Gasteiger partial charge in [0.2, 0.25) is 0 Å². The van der Waals surface area contributed by atoms with Crippen LogP contribution in [0.1, 0.15) is 12.7 Å². The average molecular weight is 219 g/mol. The molecule has 0 saturated carbocycles. The second-order valence-corrected chi connectivity index (χ2v) is 2.83. The lowest BCUT2D eigenvalue weighted by Gasteiger charge is -1.97. The third kappa shape index (κ3) is 2.38. The van der Waals surface area contributed by atoms with E-state index in [0.717, 1.165) is 4.47 Å². The van der Waals surface area contributed by atoms with Crippen molar-refractivity contribution in [2.75, 3.05) is 0 Å². The molecular weight excluding hydrogens is 212 g/mol. The molecule has 0 aliphatic carbocycles. The number of carbonyl (C=O) groups is 1. The lowest BCUT2D eigenvalue weighted by Crippen LogP contribution is -1.97. The van der Waals surface area contributed by atoms with Gasteiger partial charge in [0.1, 0.15) is 0 Å². The Hall–Kier alpha value is -0.770. The van der Waals surface area contributed by atoms with E-state index in [1.54, 1.807) is 6.07 Å². The highest BCUT2D eigenvalue weighted by Gasteiger charge is 2.03. The Morgan fingerprint density at radius 2 is 2.55 bits per heavy atom. The van der Waals surface area contributed by atoms with Gasteiger partial charge < -0.3 is 9.15 Å². The van der Waals surface area contributed by atoms with Gasteiger partial charge in [-0.25, -0.2) is 0 Å².